The van der Waals surface area contributed by atoms with Crippen LogP contribution in [0.1, 0.15) is 25.5 Å². The van der Waals surface area contributed by atoms with Gasteiger partial charge in [-0.1, -0.05) is 18.2 Å². The lowest BCUT2D eigenvalue weighted by atomic mass is 10.1. The van der Waals surface area contributed by atoms with Crippen molar-refractivity contribution >= 4 is 5.91 Å². The quantitative estimate of drug-likeness (QED) is 0.807. The summed E-state index contributed by atoms with van der Waals surface area (Å²) < 4.78 is 18.4. The molecule has 2 unspecified atom stereocenters. The van der Waals surface area contributed by atoms with Gasteiger partial charge in [0.15, 0.2) is 0 Å². The molecule has 4 nitrogen and oxygen atoms in total. The molecule has 0 aliphatic carbocycles. The number of aliphatic hydroxyl groups excluding tert-OH is 1. The number of nitrogens with one attached hydrogen (secondary N) is 1. The van der Waals surface area contributed by atoms with Crippen molar-refractivity contribution in [2.75, 3.05) is 13.2 Å². The maximum Gasteiger partial charge on any atom is 0.248 e. The summed E-state index contributed by atoms with van der Waals surface area (Å²) in [5.74, 6) is -0.815. The molecule has 0 saturated heterocycles. The van der Waals surface area contributed by atoms with Crippen LogP contribution in [-0.2, 0) is 9.53 Å². The number of benzene rings is 1. The van der Waals surface area contributed by atoms with Gasteiger partial charge in [0.25, 0.3) is 0 Å². The fourth-order valence-corrected chi connectivity index (χ4v) is 1.52. The van der Waals surface area contributed by atoms with Gasteiger partial charge in [0.05, 0.1) is 6.10 Å². The molecule has 2 atom stereocenters. The summed E-state index contributed by atoms with van der Waals surface area (Å²) in [5.41, 5.74) is 0.168. The Labute approximate surface area is 106 Å². The molecule has 5 heteroatoms. The molecule has 1 aromatic carbocycles. The Morgan fingerprint density at radius 1 is 1.50 bits per heavy atom. The van der Waals surface area contributed by atoms with Gasteiger partial charge in [0, 0.05) is 18.7 Å². The van der Waals surface area contributed by atoms with Crippen molar-refractivity contribution in [3.63, 3.8) is 0 Å². The normalized spacial score (nSPS) is 14.0. The van der Waals surface area contributed by atoms with Crippen LogP contribution in [0.2, 0.25) is 0 Å². The minimum absolute atomic E-state index is 0.0445. The van der Waals surface area contributed by atoms with E-state index in [-0.39, 0.29) is 18.0 Å². The highest BCUT2D eigenvalue weighted by atomic mass is 19.1. The van der Waals surface area contributed by atoms with E-state index >= 15 is 0 Å². The third kappa shape index (κ3) is 4.09. The molecule has 0 heterocycles. The molecule has 0 bridgehead atoms. The van der Waals surface area contributed by atoms with Gasteiger partial charge in [0.2, 0.25) is 5.91 Å². The first-order valence-corrected chi connectivity index (χ1v) is 5.88. The minimum Gasteiger partial charge on any atom is -0.386 e. The second kappa shape index (κ2) is 7.08. The van der Waals surface area contributed by atoms with Crippen LogP contribution in [0.15, 0.2) is 24.3 Å². The standard InChI is InChI=1S/C13H18FNO3/c1-3-18-9(2)13(17)15-8-12(16)10-6-4-5-7-11(10)14/h4-7,9,12,16H,3,8H2,1-2H3,(H,15,17). The zero-order chi connectivity index (χ0) is 13.5. The van der Waals surface area contributed by atoms with Gasteiger partial charge in [-0.3, -0.25) is 4.79 Å². The van der Waals surface area contributed by atoms with Crippen molar-refractivity contribution in [1.82, 2.24) is 5.32 Å². The van der Waals surface area contributed by atoms with E-state index in [9.17, 15) is 14.3 Å². The monoisotopic (exact) mass is 255 g/mol. The lowest BCUT2D eigenvalue weighted by Gasteiger charge is -2.15. The molecular formula is C13H18FNO3. The molecule has 1 rings (SSSR count). The molecule has 0 aromatic heterocycles. The number of halogens is 1. The third-order valence-corrected chi connectivity index (χ3v) is 2.52. The molecule has 0 radical (unpaired) electrons. The Balaban J connectivity index is 2.49. The maximum absolute atomic E-state index is 13.3. The Bertz CT molecular complexity index is 398. The molecule has 1 aromatic rings. The van der Waals surface area contributed by atoms with Crippen molar-refractivity contribution in [3.05, 3.63) is 35.6 Å². The van der Waals surface area contributed by atoms with Crippen molar-refractivity contribution in [2.45, 2.75) is 26.1 Å². The zero-order valence-electron chi connectivity index (χ0n) is 10.5. The van der Waals surface area contributed by atoms with E-state index in [1.165, 1.54) is 12.1 Å². The van der Waals surface area contributed by atoms with Crippen molar-refractivity contribution in [2.24, 2.45) is 0 Å². The lowest BCUT2D eigenvalue weighted by molar-refractivity contribution is -0.131. The van der Waals surface area contributed by atoms with Gasteiger partial charge in [-0.25, -0.2) is 4.39 Å². The van der Waals surface area contributed by atoms with Crippen LogP contribution < -0.4 is 5.32 Å². The van der Waals surface area contributed by atoms with Crippen LogP contribution in [0.3, 0.4) is 0 Å². The second-order valence-corrected chi connectivity index (χ2v) is 3.88. The van der Waals surface area contributed by atoms with Crippen molar-refractivity contribution in [3.8, 4) is 0 Å². The van der Waals surface area contributed by atoms with E-state index < -0.39 is 18.0 Å². The average Bonchev–Trinajstić information content (AvgIpc) is 2.36. The number of carbonyl (C=O) groups is 1. The molecule has 0 aliphatic heterocycles. The molecule has 0 spiro atoms. The van der Waals surface area contributed by atoms with E-state index in [0.717, 1.165) is 0 Å². The number of hydrogen-bond donors (Lipinski definition) is 2. The van der Waals surface area contributed by atoms with E-state index in [1.54, 1.807) is 26.0 Å². The SMILES string of the molecule is CCOC(C)C(=O)NCC(O)c1ccccc1F. The highest BCUT2D eigenvalue weighted by Crippen LogP contribution is 2.15. The number of aliphatic hydroxyl groups is 1. The van der Waals surface area contributed by atoms with Gasteiger partial charge in [-0.15, -0.1) is 0 Å². The predicted molar refractivity (Wildman–Crippen MR) is 65.5 cm³/mol. The highest BCUT2D eigenvalue weighted by molar-refractivity contribution is 5.80. The molecule has 100 valence electrons. The molecule has 18 heavy (non-hydrogen) atoms. The van der Waals surface area contributed by atoms with E-state index in [1.807, 2.05) is 0 Å². The fraction of sp³-hybridized carbons (Fsp3) is 0.462. The van der Waals surface area contributed by atoms with E-state index in [4.69, 9.17) is 4.74 Å². The summed E-state index contributed by atoms with van der Waals surface area (Å²) in [4.78, 5) is 11.5. The van der Waals surface area contributed by atoms with Crippen LogP contribution in [0, 0.1) is 5.82 Å². The van der Waals surface area contributed by atoms with Crippen molar-refractivity contribution in [1.29, 1.82) is 0 Å². The van der Waals surface area contributed by atoms with Crippen LogP contribution in [0.25, 0.3) is 0 Å². The predicted octanol–water partition coefficient (Wildman–Crippen LogP) is 1.40. The summed E-state index contributed by atoms with van der Waals surface area (Å²) in [6, 6.07) is 5.93. The molecule has 1 amide bonds. The third-order valence-electron chi connectivity index (χ3n) is 2.52. The first kappa shape index (κ1) is 14.6. The highest BCUT2D eigenvalue weighted by Gasteiger charge is 2.16. The summed E-state index contributed by atoms with van der Waals surface area (Å²) in [5, 5.41) is 12.3. The van der Waals surface area contributed by atoms with Crippen LogP contribution >= 0.6 is 0 Å². The minimum atomic E-state index is -1.07. The smallest absolute Gasteiger partial charge is 0.248 e. The molecule has 0 aliphatic rings. The number of hydrogen-bond acceptors (Lipinski definition) is 3. The van der Waals surface area contributed by atoms with E-state index in [2.05, 4.69) is 5.32 Å². The topological polar surface area (TPSA) is 58.6 Å². The van der Waals surface area contributed by atoms with Gasteiger partial charge in [-0.05, 0) is 19.9 Å². The first-order valence-electron chi connectivity index (χ1n) is 5.88. The van der Waals surface area contributed by atoms with Crippen LogP contribution in [-0.4, -0.2) is 30.3 Å². The lowest BCUT2D eigenvalue weighted by Crippen LogP contribution is -2.37. The Morgan fingerprint density at radius 2 is 2.17 bits per heavy atom. The molecule has 2 N–H and O–H groups in total. The summed E-state index contributed by atoms with van der Waals surface area (Å²) >= 11 is 0. The summed E-state index contributed by atoms with van der Waals surface area (Å²) in [7, 11) is 0. The first-order chi connectivity index (χ1) is 8.56. The van der Waals surface area contributed by atoms with Crippen molar-refractivity contribution < 1.29 is 19.0 Å². The fourth-order valence-electron chi connectivity index (χ4n) is 1.52. The van der Waals surface area contributed by atoms with Gasteiger partial charge >= 0.3 is 0 Å². The van der Waals surface area contributed by atoms with E-state index in [0.29, 0.717) is 6.61 Å². The number of rotatable bonds is 6. The van der Waals surface area contributed by atoms with Crippen LogP contribution in [0.4, 0.5) is 4.39 Å². The molecular weight excluding hydrogens is 237 g/mol. The van der Waals surface area contributed by atoms with Gasteiger partial charge in [-0.2, -0.15) is 0 Å². The summed E-state index contributed by atoms with van der Waals surface area (Å²) in [6.07, 6.45) is -1.65. The van der Waals surface area contributed by atoms with Gasteiger partial charge in [0.1, 0.15) is 11.9 Å². The van der Waals surface area contributed by atoms with Crippen LogP contribution in [0.5, 0.6) is 0 Å². The number of carbonyl (C=O) groups excluding carboxylic acids is 1. The van der Waals surface area contributed by atoms with Gasteiger partial charge < -0.3 is 15.2 Å². The second-order valence-electron chi connectivity index (χ2n) is 3.88. The number of amides is 1. The molecule has 0 fully saturated rings. The number of ether oxygens (including phenoxy) is 1. The Morgan fingerprint density at radius 3 is 2.78 bits per heavy atom. The average molecular weight is 255 g/mol. The Kier molecular flexibility index (Phi) is 5.74. The zero-order valence-corrected chi connectivity index (χ0v) is 10.5. The largest absolute Gasteiger partial charge is 0.386 e. The molecule has 0 saturated carbocycles. The summed E-state index contributed by atoms with van der Waals surface area (Å²) in [6.45, 7) is 3.80. The Hall–Kier alpha value is -1.46. The maximum atomic E-state index is 13.3.